The van der Waals surface area contributed by atoms with Gasteiger partial charge < -0.3 is 31.3 Å². The molecule has 8 nitrogen and oxygen atoms in total. The maximum Gasteiger partial charge on any atom is 0.410 e. The van der Waals surface area contributed by atoms with E-state index in [2.05, 4.69) is 28.5 Å². The fourth-order valence-corrected chi connectivity index (χ4v) is 5.10. The highest BCUT2D eigenvalue weighted by atomic mass is 35.5. The van der Waals surface area contributed by atoms with E-state index >= 15 is 0 Å². The van der Waals surface area contributed by atoms with Crippen LogP contribution in [0.3, 0.4) is 0 Å². The zero-order chi connectivity index (χ0) is 32.7. The number of amides is 1. The topological polar surface area (TPSA) is 109 Å². The van der Waals surface area contributed by atoms with Gasteiger partial charge >= 0.3 is 6.09 Å². The minimum atomic E-state index is -0.254. The van der Waals surface area contributed by atoms with E-state index in [1.54, 1.807) is 23.6 Å². The summed E-state index contributed by atoms with van der Waals surface area (Å²) < 4.78 is 5.41. The Bertz CT molecular complexity index is 1100. The summed E-state index contributed by atoms with van der Waals surface area (Å²) in [6.07, 6.45) is 20.5. The number of carbonyl (C=O) groups excluding carboxylic acids is 1. The number of fused-ring (bicyclic) bond motifs is 1. The highest BCUT2D eigenvalue weighted by Crippen LogP contribution is 2.31. The van der Waals surface area contributed by atoms with Gasteiger partial charge in [0.05, 0.1) is 12.4 Å². The Morgan fingerprint density at radius 2 is 1.82 bits per heavy atom. The van der Waals surface area contributed by atoms with Crippen LogP contribution in [0.25, 0.3) is 5.57 Å². The Hall–Kier alpha value is -3.07. The molecular weight excluding hydrogens is 572 g/mol. The number of rotatable bonds is 6. The number of nitrogens with two attached hydrogens (primary N) is 2. The molecule has 1 atom stereocenters. The number of ether oxygens (including phenoxy) is 1. The molecule has 0 aromatic heterocycles. The highest BCUT2D eigenvalue weighted by Gasteiger charge is 2.23. The van der Waals surface area contributed by atoms with E-state index in [9.17, 15) is 4.79 Å². The molecule has 2 fully saturated rings. The SMILES string of the molecule is CC.CC.CN(C)C=N/C=C/[C@H](N)/C1=C/C/C(=C/C=C\N)CCc2ccc(Cl)cc21.O=C(OC1CCCC1)N1CCNCC1. The summed E-state index contributed by atoms with van der Waals surface area (Å²) in [4.78, 5) is 19.5. The lowest BCUT2D eigenvalue weighted by atomic mass is 9.87. The Morgan fingerprint density at radius 1 is 1.14 bits per heavy atom. The number of nitrogens with zero attached hydrogens (tertiary/aromatic N) is 3. The Labute approximate surface area is 271 Å². The van der Waals surface area contributed by atoms with Gasteiger partial charge in [-0.2, -0.15) is 0 Å². The largest absolute Gasteiger partial charge is 0.446 e. The molecule has 1 saturated carbocycles. The molecule has 0 bridgehead atoms. The molecule has 3 aliphatic rings. The van der Waals surface area contributed by atoms with Crippen LogP contribution >= 0.6 is 11.6 Å². The van der Waals surface area contributed by atoms with Crippen LogP contribution in [0.15, 0.2) is 65.5 Å². The monoisotopic (exact) mass is 628 g/mol. The summed E-state index contributed by atoms with van der Waals surface area (Å²) in [7, 11) is 3.85. The first-order valence-corrected chi connectivity index (χ1v) is 16.6. The first-order chi connectivity index (χ1) is 21.4. The standard InChI is InChI=1S/C21H27ClN4.C10H18N2O2.2C2H6/c1-26(2)15-25-13-11-21(24)19-10-6-16(4-3-12-23)5-7-17-8-9-18(22)14-20(17)19;13-10(12-7-5-11-6-8-12)14-9-3-1-2-4-9;2*1-2/h3-4,8-15,21H,5-7,23-24H2,1-2H3;9,11H,1-8H2;2*1-2H3/b12-3-,13-11+,16-4+,19-10+,25-15?;;;/t21-;;;/m0.../s1. The molecule has 1 heterocycles. The van der Waals surface area contributed by atoms with Gasteiger partial charge in [-0.25, -0.2) is 9.79 Å². The number of nitrogens with one attached hydrogen (secondary N) is 1. The number of aryl methyl sites for hydroxylation is 1. The summed E-state index contributed by atoms with van der Waals surface area (Å²) >= 11 is 6.25. The normalized spacial score (nSPS) is 19.8. The van der Waals surface area contributed by atoms with Crippen LogP contribution in [0.4, 0.5) is 4.79 Å². The van der Waals surface area contributed by atoms with Crippen LogP contribution in [0.1, 0.15) is 77.3 Å². The Kier molecular flexibility index (Phi) is 20.7. The fourth-order valence-electron chi connectivity index (χ4n) is 4.93. The summed E-state index contributed by atoms with van der Waals surface area (Å²) in [5, 5.41) is 3.93. The van der Waals surface area contributed by atoms with Crippen molar-refractivity contribution in [3.05, 3.63) is 76.6 Å². The lowest BCUT2D eigenvalue weighted by molar-refractivity contribution is 0.0621. The lowest BCUT2D eigenvalue weighted by Gasteiger charge is -2.27. The number of benzene rings is 1. The third-order valence-electron chi connectivity index (χ3n) is 7.11. The Morgan fingerprint density at radius 3 is 2.45 bits per heavy atom. The number of hydrogen-bond acceptors (Lipinski definition) is 6. The summed E-state index contributed by atoms with van der Waals surface area (Å²) in [6, 6.07) is 5.78. The van der Waals surface area contributed by atoms with Crippen molar-refractivity contribution in [1.82, 2.24) is 15.1 Å². The van der Waals surface area contributed by atoms with Crippen LogP contribution in [-0.2, 0) is 11.2 Å². The minimum Gasteiger partial charge on any atom is -0.446 e. The first kappa shape index (κ1) is 39.0. The molecule has 1 aromatic rings. The predicted octanol–water partition coefficient (Wildman–Crippen LogP) is 6.91. The molecule has 1 amide bonds. The number of carbonyl (C=O) groups is 1. The van der Waals surface area contributed by atoms with E-state index < -0.39 is 0 Å². The van der Waals surface area contributed by atoms with Crippen molar-refractivity contribution >= 4 is 29.6 Å². The summed E-state index contributed by atoms with van der Waals surface area (Å²) in [6.45, 7) is 11.3. The molecule has 1 aromatic carbocycles. The van der Waals surface area contributed by atoms with Crippen molar-refractivity contribution in [3.8, 4) is 0 Å². The van der Waals surface area contributed by atoms with Crippen LogP contribution < -0.4 is 16.8 Å². The average Bonchev–Trinajstić information content (AvgIpc) is 3.55. The van der Waals surface area contributed by atoms with E-state index in [0.717, 1.165) is 74.4 Å². The minimum absolute atomic E-state index is 0.113. The zero-order valence-corrected chi connectivity index (χ0v) is 28.7. The second-order valence-electron chi connectivity index (χ2n) is 10.5. The van der Waals surface area contributed by atoms with Crippen molar-refractivity contribution in [2.75, 3.05) is 40.3 Å². The smallest absolute Gasteiger partial charge is 0.410 e. The Balaban J connectivity index is 0.000000450. The quantitative estimate of drug-likeness (QED) is 0.233. The third kappa shape index (κ3) is 14.6. The van der Waals surface area contributed by atoms with Gasteiger partial charge in [0.1, 0.15) is 6.10 Å². The third-order valence-corrected chi connectivity index (χ3v) is 7.34. The van der Waals surface area contributed by atoms with Gasteiger partial charge in [-0.05, 0) is 92.1 Å². The molecule has 0 radical (unpaired) electrons. The van der Waals surface area contributed by atoms with Crippen molar-refractivity contribution < 1.29 is 9.53 Å². The lowest BCUT2D eigenvalue weighted by Crippen LogP contribution is -2.47. The molecule has 0 spiro atoms. The van der Waals surface area contributed by atoms with E-state index in [1.807, 2.05) is 71.0 Å². The number of hydrogen-bond donors (Lipinski definition) is 3. The molecule has 0 unspecified atom stereocenters. The van der Waals surface area contributed by atoms with Gasteiger partial charge in [-0.3, -0.25) is 0 Å². The molecule has 246 valence electrons. The second kappa shape index (κ2) is 23.3. The average molecular weight is 629 g/mol. The summed E-state index contributed by atoms with van der Waals surface area (Å²) in [5.41, 5.74) is 16.7. The van der Waals surface area contributed by atoms with E-state index in [0.29, 0.717) is 0 Å². The molecule has 1 saturated heterocycles. The van der Waals surface area contributed by atoms with E-state index in [-0.39, 0.29) is 18.2 Å². The molecule has 1 aliphatic heterocycles. The van der Waals surface area contributed by atoms with Gasteiger partial charge in [0.25, 0.3) is 0 Å². The zero-order valence-electron chi connectivity index (χ0n) is 27.9. The molecule has 9 heteroatoms. The van der Waals surface area contributed by atoms with Gasteiger partial charge in [0.2, 0.25) is 0 Å². The van der Waals surface area contributed by atoms with Gasteiger partial charge in [-0.15, -0.1) is 0 Å². The highest BCUT2D eigenvalue weighted by molar-refractivity contribution is 6.30. The molecule has 4 rings (SSSR count). The molecule has 44 heavy (non-hydrogen) atoms. The number of aliphatic imine (C=N–C) groups is 1. The number of piperazine rings is 1. The van der Waals surface area contributed by atoms with E-state index in [4.69, 9.17) is 27.8 Å². The van der Waals surface area contributed by atoms with Crippen LogP contribution in [0.5, 0.6) is 0 Å². The van der Waals surface area contributed by atoms with Crippen LogP contribution in [0, 0.1) is 0 Å². The van der Waals surface area contributed by atoms with Crippen LogP contribution in [0.2, 0.25) is 5.02 Å². The van der Waals surface area contributed by atoms with Crippen molar-refractivity contribution in [2.45, 2.75) is 84.8 Å². The van der Waals surface area contributed by atoms with Gasteiger partial charge in [0.15, 0.2) is 0 Å². The second-order valence-corrected chi connectivity index (χ2v) is 10.9. The number of allylic oxidation sites excluding steroid dienone is 4. The van der Waals surface area contributed by atoms with Gasteiger partial charge in [0, 0.05) is 51.5 Å². The molecule has 2 aliphatic carbocycles. The number of halogens is 1. The van der Waals surface area contributed by atoms with Crippen molar-refractivity contribution in [1.29, 1.82) is 0 Å². The van der Waals surface area contributed by atoms with Crippen LogP contribution in [-0.4, -0.2) is 74.7 Å². The van der Waals surface area contributed by atoms with Gasteiger partial charge in [-0.1, -0.05) is 63.1 Å². The first-order valence-electron chi connectivity index (χ1n) is 16.2. The van der Waals surface area contributed by atoms with Crippen molar-refractivity contribution in [2.24, 2.45) is 16.5 Å². The van der Waals surface area contributed by atoms with Crippen molar-refractivity contribution in [3.63, 3.8) is 0 Å². The summed E-state index contributed by atoms with van der Waals surface area (Å²) in [5.74, 6) is 0. The van der Waals surface area contributed by atoms with E-state index in [1.165, 1.54) is 24.0 Å². The maximum absolute atomic E-state index is 11.6. The maximum atomic E-state index is 11.6. The molecular formula is C35H57ClN6O2. The fraction of sp³-hybridized carbons (Fsp3) is 0.543. The molecule has 5 N–H and O–H groups in total. The predicted molar refractivity (Wildman–Crippen MR) is 189 cm³/mol.